The van der Waals surface area contributed by atoms with Crippen LogP contribution in [0.3, 0.4) is 0 Å². The second-order valence-electron chi connectivity index (χ2n) is 3.89. The number of halogens is 3. The molecule has 7 heteroatoms. The molecule has 4 N–H and O–H groups in total. The summed E-state index contributed by atoms with van der Waals surface area (Å²) in [6, 6.07) is 8.28. The Morgan fingerprint density at radius 1 is 1.15 bits per heavy atom. The Bertz CT molecular complexity index is 641. The number of carbonyl (C=O) groups is 1. The first-order chi connectivity index (χ1) is 9.52. The van der Waals surface area contributed by atoms with E-state index in [0.717, 1.165) is 12.1 Å². The van der Waals surface area contributed by atoms with Crippen molar-refractivity contribution in [2.45, 2.75) is 0 Å². The summed E-state index contributed by atoms with van der Waals surface area (Å²) in [6.45, 7) is 0. The number of amides is 1. The lowest BCUT2D eigenvalue weighted by atomic mass is 10.1. The number of hydrogen-bond donors (Lipinski definition) is 3. The van der Waals surface area contributed by atoms with Gasteiger partial charge in [0, 0.05) is 5.56 Å². The van der Waals surface area contributed by atoms with Gasteiger partial charge < -0.3 is 10.7 Å². The molecular weight excluding hydrogens is 288 g/mol. The molecule has 0 aliphatic rings. The first kappa shape index (κ1) is 14.2. The molecule has 20 heavy (non-hydrogen) atoms. The zero-order valence-electron chi connectivity index (χ0n) is 10.1. The lowest BCUT2D eigenvalue weighted by Crippen LogP contribution is -2.15. The molecule has 0 heterocycles. The van der Waals surface area contributed by atoms with Gasteiger partial charge in [0.2, 0.25) is 0 Å². The fraction of sp³-hybridized carbons (Fsp3) is 0. The number of benzene rings is 2. The fourth-order valence-corrected chi connectivity index (χ4v) is 1.78. The molecule has 0 spiro atoms. The summed E-state index contributed by atoms with van der Waals surface area (Å²) in [6.07, 6.45) is 0. The number of nitrogen functional groups attached to an aromatic ring is 1. The molecule has 0 saturated carbocycles. The van der Waals surface area contributed by atoms with Crippen molar-refractivity contribution in [3.63, 3.8) is 0 Å². The molecule has 0 fully saturated rings. The van der Waals surface area contributed by atoms with Crippen molar-refractivity contribution in [2.24, 2.45) is 5.84 Å². The number of para-hydroxylation sites is 1. The normalized spacial score (nSPS) is 10.2. The molecule has 0 saturated heterocycles. The molecule has 2 rings (SSSR count). The van der Waals surface area contributed by atoms with E-state index in [1.807, 2.05) is 5.43 Å². The number of rotatable bonds is 3. The van der Waals surface area contributed by atoms with Crippen molar-refractivity contribution < 1.29 is 13.6 Å². The topological polar surface area (TPSA) is 67.1 Å². The number of hydrazine groups is 1. The molecule has 0 radical (unpaired) electrons. The van der Waals surface area contributed by atoms with Crippen molar-refractivity contribution in [2.75, 3.05) is 10.7 Å². The summed E-state index contributed by atoms with van der Waals surface area (Å²) in [7, 11) is 0. The van der Waals surface area contributed by atoms with Crippen molar-refractivity contribution >= 4 is 28.9 Å². The monoisotopic (exact) mass is 297 g/mol. The second kappa shape index (κ2) is 5.85. The van der Waals surface area contributed by atoms with E-state index in [1.165, 1.54) is 0 Å². The van der Waals surface area contributed by atoms with Crippen LogP contribution in [0.2, 0.25) is 5.02 Å². The highest BCUT2D eigenvalue weighted by Gasteiger charge is 2.15. The average molecular weight is 298 g/mol. The maximum absolute atomic E-state index is 13.5. The highest BCUT2D eigenvalue weighted by molar-refractivity contribution is 6.33. The number of carbonyl (C=O) groups excluding carboxylic acids is 1. The van der Waals surface area contributed by atoms with Crippen LogP contribution in [0.15, 0.2) is 36.4 Å². The van der Waals surface area contributed by atoms with E-state index in [0.29, 0.717) is 10.7 Å². The summed E-state index contributed by atoms with van der Waals surface area (Å²) in [5.74, 6) is 2.37. The maximum atomic E-state index is 13.5. The molecule has 2 aromatic carbocycles. The molecule has 0 aliphatic carbocycles. The maximum Gasteiger partial charge on any atom is 0.255 e. The summed E-state index contributed by atoms with van der Waals surface area (Å²) < 4.78 is 27.0. The van der Waals surface area contributed by atoms with Gasteiger partial charge in [-0.15, -0.1) is 0 Å². The Balaban J connectivity index is 2.29. The second-order valence-corrected chi connectivity index (χ2v) is 4.30. The SMILES string of the molecule is NNc1c(F)cc(C(=O)Nc2ccccc2Cl)cc1F. The smallest absolute Gasteiger partial charge is 0.255 e. The standard InChI is InChI=1S/C13H10ClF2N3O/c14-8-3-1-2-4-11(8)18-13(20)7-5-9(15)12(19-17)10(16)6-7/h1-6,19H,17H2,(H,18,20). The van der Waals surface area contributed by atoms with Crippen LogP contribution < -0.4 is 16.6 Å². The van der Waals surface area contributed by atoms with E-state index in [4.69, 9.17) is 17.4 Å². The van der Waals surface area contributed by atoms with Gasteiger partial charge >= 0.3 is 0 Å². The summed E-state index contributed by atoms with van der Waals surface area (Å²) >= 11 is 5.88. The van der Waals surface area contributed by atoms with Gasteiger partial charge in [-0.05, 0) is 24.3 Å². The molecule has 0 aromatic heterocycles. The third-order valence-electron chi connectivity index (χ3n) is 2.57. The van der Waals surface area contributed by atoms with E-state index >= 15 is 0 Å². The van der Waals surface area contributed by atoms with E-state index in [9.17, 15) is 13.6 Å². The Kier molecular flexibility index (Phi) is 4.16. The number of hydrogen-bond acceptors (Lipinski definition) is 3. The summed E-state index contributed by atoms with van der Waals surface area (Å²) in [5.41, 5.74) is 1.55. The quantitative estimate of drug-likeness (QED) is 0.602. The Morgan fingerprint density at radius 3 is 2.30 bits per heavy atom. The first-order valence-corrected chi connectivity index (χ1v) is 5.92. The van der Waals surface area contributed by atoms with Gasteiger partial charge in [-0.3, -0.25) is 10.6 Å². The molecule has 0 atom stereocenters. The van der Waals surface area contributed by atoms with Gasteiger partial charge in [0.15, 0.2) is 11.6 Å². The first-order valence-electron chi connectivity index (χ1n) is 5.54. The molecule has 0 aliphatic heterocycles. The van der Waals surface area contributed by atoms with Crippen LogP contribution in [0.25, 0.3) is 0 Å². The van der Waals surface area contributed by atoms with E-state index in [2.05, 4.69) is 5.32 Å². The van der Waals surface area contributed by atoms with Crippen LogP contribution in [0.1, 0.15) is 10.4 Å². The Morgan fingerprint density at radius 2 is 1.75 bits per heavy atom. The van der Waals surface area contributed by atoms with Crippen LogP contribution in [0.4, 0.5) is 20.2 Å². The summed E-state index contributed by atoms with van der Waals surface area (Å²) in [4.78, 5) is 11.9. The minimum Gasteiger partial charge on any atom is -0.321 e. The van der Waals surface area contributed by atoms with Gasteiger partial charge in [-0.1, -0.05) is 23.7 Å². The van der Waals surface area contributed by atoms with Gasteiger partial charge in [0.25, 0.3) is 5.91 Å². The third kappa shape index (κ3) is 2.87. The highest BCUT2D eigenvalue weighted by Crippen LogP contribution is 2.23. The third-order valence-corrected chi connectivity index (χ3v) is 2.90. The van der Waals surface area contributed by atoms with Crippen LogP contribution in [0, 0.1) is 11.6 Å². The predicted octanol–water partition coefficient (Wildman–Crippen LogP) is 3.16. The van der Waals surface area contributed by atoms with E-state index in [1.54, 1.807) is 24.3 Å². The Labute approximate surface area is 118 Å². The molecule has 0 bridgehead atoms. The van der Waals surface area contributed by atoms with Gasteiger partial charge in [-0.2, -0.15) is 0 Å². The minimum absolute atomic E-state index is 0.182. The lowest BCUT2D eigenvalue weighted by molar-refractivity contribution is 0.102. The van der Waals surface area contributed by atoms with Crippen molar-refractivity contribution in [1.29, 1.82) is 0 Å². The van der Waals surface area contributed by atoms with Crippen molar-refractivity contribution in [3.05, 3.63) is 58.6 Å². The van der Waals surface area contributed by atoms with Crippen LogP contribution in [-0.2, 0) is 0 Å². The van der Waals surface area contributed by atoms with E-state index < -0.39 is 23.2 Å². The van der Waals surface area contributed by atoms with Gasteiger partial charge in [-0.25, -0.2) is 8.78 Å². The van der Waals surface area contributed by atoms with Crippen molar-refractivity contribution in [1.82, 2.24) is 0 Å². The Hall–Kier alpha value is -2.18. The zero-order valence-corrected chi connectivity index (χ0v) is 10.8. The van der Waals surface area contributed by atoms with E-state index in [-0.39, 0.29) is 5.56 Å². The molecule has 0 unspecified atom stereocenters. The van der Waals surface area contributed by atoms with Crippen LogP contribution in [0.5, 0.6) is 0 Å². The molecule has 104 valence electrons. The van der Waals surface area contributed by atoms with Crippen LogP contribution >= 0.6 is 11.6 Å². The molecule has 1 amide bonds. The number of nitrogens with one attached hydrogen (secondary N) is 2. The minimum atomic E-state index is -0.961. The number of nitrogens with two attached hydrogens (primary N) is 1. The average Bonchev–Trinajstić information content (AvgIpc) is 2.41. The fourth-order valence-electron chi connectivity index (χ4n) is 1.60. The highest BCUT2D eigenvalue weighted by atomic mass is 35.5. The molecule has 2 aromatic rings. The van der Waals surface area contributed by atoms with Gasteiger partial charge in [0.05, 0.1) is 10.7 Å². The largest absolute Gasteiger partial charge is 0.321 e. The predicted molar refractivity (Wildman–Crippen MR) is 73.6 cm³/mol. The van der Waals surface area contributed by atoms with Crippen molar-refractivity contribution in [3.8, 4) is 0 Å². The molecular formula is C13H10ClF2N3O. The van der Waals surface area contributed by atoms with Gasteiger partial charge in [0.1, 0.15) is 5.69 Å². The summed E-state index contributed by atoms with van der Waals surface area (Å²) in [5, 5.41) is 2.78. The zero-order chi connectivity index (χ0) is 14.7. The number of anilines is 2. The van der Waals surface area contributed by atoms with Crippen LogP contribution in [-0.4, -0.2) is 5.91 Å². The lowest BCUT2D eigenvalue weighted by Gasteiger charge is -2.09. The molecule has 4 nitrogen and oxygen atoms in total.